The Kier molecular flexibility index (Phi) is 7.46. The minimum Gasteiger partial charge on any atom is -0.493 e. The number of benzene rings is 2. The van der Waals surface area contributed by atoms with Gasteiger partial charge in [0.05, 0.1) is 18.1 Å². The van der Waals surface area contributed by atoms with Gasteiger partial charge in [0.1, 0.15) is 17.7 Å². The molecule has 0 radical (unpaired) electrons. The smallest absolute Gasteiger partial charge is 0.294 e. The van der Waals surface area contributed by atoms with Gasteiger partial charge in [-0.2, -0.15) is 8.42 Å². The molecular formula is C22H28FNO5S. The summed E-state index contributed by atoms with van der Waals surface area (Å²) in [6, 6.07) is 11.0. The molecule has 2 heterocycles. The van der Waals surface area contributed by atoms with Gasteiger partial charge in [-0.1, -0.05) is 24.6 Å². The van der Waals surface area contributed by atoms with Gasteiger partial charge in [0.15, 0.2) is 0 Å². The van der Waals surface area contributed by atoms with Gasteiger partial charge in [-0.25, -0.2) is 4.39 Å². The lowest BCUT2D eigenvalue weighted by molar-refractivity contribution is -0.0742. The highest BCUT2D eigenvalue weighted by Gasteiger charge is 2.36. The fourth-order valence-corrected chi connectivity index (χ4v) is 4.31. The highest BCUT2D eigenvalue weighted by atomic mass is 32.2. The van der Waals surface area contributed by atoms with Crippen LogP contribution in [0.15, 0.2) is 47.4 Å². The monoisotopic (exact) mass is 437 g/mol. The Morgan fingerprint density at radius 3 is 2.57 bits per heavy atom. The number of morpholine rings is 1. The number of hydrogen-bond donors (Lipinski definition) is 1. The molecule has 0 saturated carbocycles. The lowest BCUT2D eigenvalue weighted by Gasteiger charge is -2.40. The van der Waals surface area contributed by atoms with E-state index in [2.05, 4.69) is 11.8 Å². The van der Waals surface area contributed by atoms with Crippen molar-refractivity contribution in [3.8, 4) is 5.75 Å². The Morgan fingerprint density at radius 1 is 1.17 bits per heavy atom. The molecule has 0 bridgehead atoms. The van der Waals surface area contributed by atoms with Gasteiger partial charge in [0.2, 0.25) is 0 Å². The standard InChI is InChI=1S/C15H20FNO2.C7H8O3S/c1-2-6-17-7-9-19-15-12-10-11(16)3-4-14(12)18-8-5-13(15)17;1-6-2-4-7(5-3-6)11(8,9)10/h3-4,10,13,15H,2,5-9H2,1H3;2-5H,1H3,(H,8,9,10)/t13-,15-;/m1./s1. The molecule has 1 fully saturated rings. The highest BCUT2D eigenvalue weighted by molar-refractivity contribution is 7.85. The van der Waals surface area contributed by atoms with Crippen LogP contribution in [0.3, 0.4) is 0 Å². The summed E-state index contributed by atoms with van der Waals surface area (Å²) in [6.45, 7) is 7.42. The largest absolute Gasteiger partial charge is 0.493 e. The van der Waals surface area contributed by atoms with E-state index < -0.39 is 10.1 Å². The summed E-state index contributed by atoms with van der Waals surface area (Å²) in [5, 5.41) is 0. The second-order valence-corrected chi connectivity index (χ2v) is 8.92. The molecule has 2 aromatic carbocycles. The average Bonchev–Trinajstić information content (AvgIpc) is 2.88. The Morgan fingerprint density at radius 2 is 1.90 bits per heavy atom. The zero-order chi connectivity index (χ0) is 21.7. The van der Waals surface area contributed by atoms with Crippen molar-refractivity contribution in [3.05, 3.63) is 59.4 Å². The van der Waals surface area contributed by atoms with Crippen molar-refractivity contribution < 1.29 is 26.8 Å². The molecule has 0 spiro atoms. The van der Waals surface area contributed by atoms with Crippen LogP contribution in [-0.4, -0.2) is 50.2 Å². The average molecular weight is 438 g/mol. The van der Waals surface area contributed by atoms with Crippen molar-refractivity contribution in [3.63, 3.8) is 0 Å². The third kappa shape index (κ3) is 5.57. The minimum atomic E-state index is -4.02. The van der Waals surface area contributed by atoms with E-state index in [0.29, 0.717) is 19.3 Å². The maximum Gasteiger partial charge on any atom is 0.294 e. The topological polar surface area (TPSA) is 76.1 Å². The molecule has 0 aromatic heterocycles. The number of hydrogen-bond acceptors (Lipinski definition) is 5. The second-order valence-electron chi connectivity index (χ2n) is 7.50. The van der Waals surface area contributed by atoms with Crippen molar-refractivity contribution in [2.45, 2.75) is 43.7 Å². The third-order valence-corrected chi connectivity index (χ3v) is 6.14. The second kappa shape index (κ2) is 9.87. The molecule has 8 heteroatoms. The van der Waals surface area contributed by atoms with Crippen LogP contribution in [0.1, 0.15) is 37.0 Å². The van der Waals surface area contributed by atoms with Gasteiger partial charge in [0.25, 0.3) is 10.1 Å². The van der Waals surface area contributed by atoms with Crippen molar-refractivity contribution >= 4 is 10.1 Å². The summed E-state index contributed by atoms with van der Waals surface area (Å²) in [7, 11) is -4.02. The van der Waals surface area contributed by atoms with E-state index in [1.165, 1.54) is 18.2 Å². The lowest BCUT2D eigenvalue weighted by atomic mass is 9.97. The van der Waals surface area contributed by atoms with E-state index in [0.717, 1.165) is 42.8 Å². The summed E-state index contributed by atoms with van der Waals surface area (Å²) in [6.07, 6.45) is 2.00. The Hall–Kier alpha value is -2.00. The van der Waals surface area contributed by atoms with Crippen molar-refractivity contribution in [2.75, 3.05) is 26.3 Å². The van der Waals surface area contributed by atoms with Crippen molar-refractivity contribution in [2.24, 2.45) is 0 Å². The van der Waals surface area contributed by atoms with E-state index in [1.807, 2.05) is 6.92 Å². The predicted molar refractivity (Wildman–Crippen MR) is 112 cm³/mol. The first-order chi connectivity index (χ1) is 14.3. The van der Waals surface area contributed by atoms with E-state index in [-0.39, 0.29) is 16.8 Å². The molecule has 6 nitrogen and oxygen atoms in total. The molecule has 2 aliphatic rings. The lowest BCUT2D eigenvalue weighted by Crippen LogP contribution is -2.47. The third-order valence-electron chi connectivity index (χ3n) is 5.27. The van der Waals surface area contributed by atoms with E-state index >= 15 is 0 Å². The summed E-state index contributed by atoms with van der Waals surface area (Å²) in [5.41, 5.74) is 1.82. The summed E-state index contributed by atoms with van der Waals surface area (Å²) in [5.74, 6) is 0.548. The molecule has 2 aliphatic heterocycles. The number of ether oxygens (including phenoxy) is 2. The number of aryl methyl sites for hydroxylation is 1. The molecule has 30 heavy (non-hydrogen) atoms. The van der Waals surface area contributed by atoms with Gasteiger partial charge in [-0.15, -0.1) is 0 Å². The van der Waals surface area contributed by atoms with Crippen LogP contribution in [0.2, 0.25) is 0 Å². The van der Waals surface area contributed by atoms with Crippen LogP contribution < -0.4 is 4.74 Å². The molecule has 1 N–H and O–H groups in total. The molecule has 1 saturated heterocycles. The molecular weight excluding hydrogens is 409 g/mol. The van der Waals surface area contributed by atoms with Gasteiger partial charge in [0, 0.05) is 18.2 Å². The van der Waals surface area contributed by atoms with Crippen LogP contribution in [0, 0.1) is 12.7 Å². The molecule has 2 atom stereocenters. The van der Waals surface area contributed by atoms with Gasteiger partial charge in [-0.05, 0) is 56.6 Å². The summed E-state index contributed by atoms with van der Waals surface area (Å²) >= 11 is 0. The van der Waals surface area contributed by atoms with Crippen LogP contribution in [0.5, 0.6) is 5.75 Å². The summed E-state index contributed by atoms with van der Waals surface area (Å²) in [4.78, 5) is 2.39. The van der Waals surface area contributed by atoms with Crippen molar-refractivity contribution in [1.82, 2.24) is 4.90 Å². The number of halogens is 1. The van der Waals surface area contributed by atoms with E-state index in [1.54, 1.807) is 24.3 Å². The summed E-state index contributed by atoms with van der Waals surface area (Å²) < 4.78 is 54.7. The van der Waals surface area contributed by atoms with Gasteiger partial charge in [-0.3, -0.25) is 9.45 Å². The highest BCUT2D eigenvalue weighted by Crippen LogP contribution is 2.38. The van der Waals surface area contributed by atoms with Crippen LogP contribution in [0.4, 0.5) is 4.39 Å². The number of rotatable bonds is 3. The van der Waals surface area contributed by atoms with Gasteiger partial charge >= 0.3 is 0 Å². The van der Waals surface area contributed by atoms with E-state index in [9.17, 15) is 12.8 Å². The fraction of sp³-hybridized carbons (Fsp3) is 0.455. The van der Waals surface area contributed by atoms with E-state index in [4.69, 9.17) is 14.0 Å². The molecule has 2 aromatic rings. The van der Waals surface area contributed by atoms with Crippen molar-refractivity contribution in [1.29, 1.82) is 0 Å². The molecule has 0 unspecified atom stereocenters. The normalized spacial score (nSPS) is 21.3. The van der Waals surface area contributed by atoms with Crippen LogP contribution in [0.25, 0.3) is 0 Å². The maximum absolute atomic E-state index is 13.5. The maximum atomic E-state index is 13.5. The molecule has 164 valence electrons. The minimum absolute atomic E-state index is 0.0616. The van der Waals surface area contributed by atoms with Crippen LogP contribution in [-0.2, 0) is 14.9 Å². The first-order valence-corrected chi connectivity index (χ1v) is 11.6. The SMILES string of the molecule is CCCN1CCO[C@@H]2c3cc(F)ccc3OCC[C@H]21.Cc1ccc(S(=O)(=O)O)cc1. The van der Waals surface area contributed by atoms with Crippen LogP contribution >= 0.6 is 0 Å². The zero-order valence-electron chi connectivity index (χ0n) is 17.3. The molecule has 4 rings (SSSR count). The number of fused-ring (bicyclic) bond motifs is 3. The quantitative estimate of drug-likeness (QED) is 0.732. The van der Waals surface area contributed by atoms with Gasteiger partial charge < -0.3 is 9.47 Å². The first kappa shape index (κ1) is 22.7. The molecule has 0 amide bonds. The number of nitrogens with zero attached hydrogens (tertiary/aromatic N) is 1. The Labute approximate surface area is 177 Å². The Balaban J connectivity index is 0.000000199. The first-order valence-electron chi connectivity index (χ1n) is 10.1. The zero-order valence-corrected chi connectivity index (χ0v) is 18.1. The fourth-order valence-electron chi connectivity index (χ4n) is 3.83. The Bertz CT molecular complexity index is 947. The molecule has 0 aliphatic carbocycles. The predicted octanol–water partition coefficient (Wildman–Crippen LogP) is 4.00.